The summed E-state index contributed by atoms with van der Waals surface area (Å²) in [6, 6.07) is 0. The molecule has 9 nitrogen and oxygen atoms in total. The minimum Gasteiger partial charge on any atom is 0 e. The van der Waals surface area contributed by atoms with E-state index in [1.807, 2.05) is 0 Å². The molecule has 0 aromatic carbocycles. The van der Waals surface area contributed by atoms with Gasteiger partial charge in [-0.25, -0.2) is 0 Å². The molecule has 0 spiro atoms. The van der Waals surface area contributed by atoms with Crippen LogP contribution in [0.1, 0.15) is 41.0 Å². The largest absolute Gasteiger partial charge is 1.00 e. The summed E-state index contributed by atoms with van der Waals surface area (Å²) in [5.41, 5.74) is 2.86. The van der Waals surface area contributed by atoms with Crippen LogP contribution in [0.4, 0.5) is 0 Å². The Hall–Kier alpha value is -1.13. The van der Waals surface area contributed by atoms with Crippen LogP contribution in [0.25, 0.3) is 0 Å². The molecule has 33 heavy (non-hydrogen) atoms. The van der Waals surface area contributed by atoms with E-state index in [1.165, 1.54) is 11.1 Å². The van der Waals surface area contributed by atoms with Crippen LogP contribution < -0.4 is 0 Å². The van der Waals surface area contributed by atoms with Crippen molar-refractivity contribution in [3.63, 3.8) is 0 Å². The average Bonchev–Trinajstić information content (AvgIpc) is 2.92. The van der Waals surface area contributed by atoms with Crippen molar-refractivity contribution < 1.29 is 101 Å². The molecule has 2 atom stereocenters. The minimum atomic E-state index is -0.105. The molecule has 1 radical (unpaired) electrons. The van der Waals surface area contributed by atoms with E-state index in [9.17, 15) is 0 Å². The average molecular weight is 984 g/mol. The van der Waals surface area contributed by atoms with E-state index in [0.29, 0.717) is 0 Å². The number of rotatable bonds is 1. The number of allylic oxidation sites excluding steroid dienone is 2. The first kappa shape index (κ1) is 76.9. The van der Waals surface area contributed by atoms with Crippen molar-refractivity contribution >= 4 is 0 Å². The summed E-state index contributed by atoms with van der Waals surface area (Å²) in [6.07, 6.45) is 8.45. The van der Waals surface area contributed by atoms with Gasteiger partial charge in [0, 0.05) is 50.4 Å². The monoisotopic (exact) mass is 989 g/mol. The zero-order chi connectivity index (χ0) is 27.6. The molecule has 0 heterocycles. The van der Waals surface area contributed by atoms with Crippen LogP contribution >= 0.6 is 0 Å². The van der Waals surface area contributed by atoms with Gasteiger partial charge in [-0.1, -0.05) is 25.0 Å². The van der Waals surface area contributed by atoms with Gasteiger partial charge in [-0.05, 0) is 27.2 Å². The molecule has 1 rings (SSSR count). The molecular weight excluding hydrogens is 967 g/mol. The van der Waals surface area contributed by atoms with Crippen molar-refractivity contribution in [1.82, 2.24) is 0 Å². The van der Waals surface area contributed by atoms with Gasteiger partial charge in [0.05, 0.1) is 0 Å². The van der Waals surface area contributed by atoms with Crippen LogP contribution in [-0.4, -0.2) is 0 Å². The van der Waals surface area contributed by atoms with Gasteiger partial charge >= 0.3 is 122 Å². The molecule has 1 aliphatic carbocycles. The van der Waals surface area contributed by atoms with E-state index in [0.717, 1.165) is 6.42 Å². The second-order valence-electron chi connectivity index (χ2n) is 4.19. The molecule has 179 valence electrons. The number of hydrogen-bond acceptors (Lipinski definition) is 0. The Morgan fingerprint density at radius 2 is 0.758 bits per heavy atom. The fourth-order valence-electron chi connectivity index (χ4n) is 2.37. The Morgan fingerprint density at radius 3 is 0.848 bits per heavy atom. The second-order valence-corrected chi connectivity index (χ2v) is 4.19. The van der Waals surface area contributed by atoms with Gasteiger partial charge in [0.15, 0.2) is 0 Å². The zero-order valence-corrected chi connectivity index (χ0v) is 25.6. The first-order valence-electron chi connectivity index (χ1n) is 6.40. The van der Waals surface area contributed by atoms with E-state index in [-0.39, 0.29) is 70.2 Å². The molecule has 0 aromatic rings. The molecule has 0 N–H and O–H groups in total. The summed E-state index contributed by atoms with van der Waals surface area (Å²) in [5, 5.41) is 0. The molecule has 0 fully saturated rings. The maximum atomic E-state index is 7.50. The topological polar surface area (TPSA) is 179 Å². The van der Waals surface area contributed by atoms with Crippen molar-refractivity contribution in [2.75, 3.05) is 0 Å². The predicted octanol–water partition coefficient (Wildman–Crippen LogP) is 3.00. The Labute approximate surface area is 235 Å². The molecule has 0 aliphatic heterocycles. The minimum absolute atomic E-state index is 0. The van der Waals surface area contributed by atoms with E-state index in [2.05, 4.69) is 100 Å². The number of hydrogen-bond donors (Lipinski definition) is 0. The third-order valence-electron chi connectivity index (χ3n) is 4.20. The normalized spacial score (nSPS) is 15.3. The molecule has 0 amide bonds. The van der Waals surface area contributed by atoms with Crippen LogP contribution in [0.3, 0.4) is 0 Å². The molecule has 0 saturated carbocycles. The summed E-state index contributed by atoms with van der Waals surface area (Å²) in [4.78, 5) is 0. The smallest absolute Gasteiger partial charge is 0 e. The fraction of sp³-hybridized carbons (Fsp3) is 0.381. The predicted molar refractivity (Wildman–Crippen MR) is 87.4 cm³/mol. The SMILES string of the molecule is [C-]#CC1(C)C(C)=C(C)C1(C)CC.[C-]#[O+].[C-]#[O+].[C-]#[O+].[C-]#[O+].[C-]#[O+].[C-]#[O+].[C-]#[O+].[C-]#[O+].[C-]#[O+].[Os+].[Os].[Os]. The fourth-order valence-corrected chi connectivity index (χ4v) is 2.37. The van der Waals surface area contributed by atoms with Crippen molar-refractivity contribution in [2.45, 2.75) is 41.0 Å². The summed E-state index contributed by atoms with van der Waals surface area (Å²) in [5.74, 6) is 2.69. The van der Waals surface area contributed by atoms with Crippen LogP contribution in [0.5, 0.6) is 0 Å². The van der Waals surface area contributed by atoms with Crippen molar-refractivity contribution in [3.05, 3.63) is 77.4 Å². The maximum absolute atomic E-state index is 7.50. The Balaban J connectivity index is -0.0000000181. The Morgan fingerprint density at radius 1 is 0.576 bits per heavy atom. The van der Waals surface area contributed by atoms with Crippen LogP contribution in [0.15, 0.2) is 11.1 Å². The van der Waals surface area contributed by atoms with Crippen molar-refractivity contribution in [1.29, 1.82) is 0 Å². The third kappa shape index (κ3) is 28.8. The standard InChI is InChI=1S/C12H17.9CO.3Os/c1-7-11(5)9(3)10(4)12(11,6)8-2;9*1-2;;;/h7H2,1,3-6H3;;;;;;;;;;;;/q-1;;;;;;;;;;;;+1. The second kappa shape index (κ2) is 77.4. The molecule has 0 saturated heterocycles. The summed E-state index contributed by atoms with van der Waals surface area (Å²) in [6.45, 7) is 51.3. The maximum Gasteiger partial charge on any atom is 1.00 e. The quantitative estimate of drug-likeness (QED) is 0.163. The molecule has 0 aromatic heterocycles. The molecule has 12 heteroatoms. The Bertz CT molecular complexity index is 560. The van der Waals surface area contributed by atoms with Crippen molar-refractivity contribution in [2.24, 2.45) is 10.8 Å². The van der Waals surface area contributed by atoms with E-state index in [1.54, 1.807) is 0 Å². The van der Waals surface area contributed by atoms with Gasteiger partial charge in [0.2, 0.25) is 0 Å². The van der Waals surface area contributed by atoms with Gasteiger partial charge in [-0.3, -0.25) is 0 Å². The first-order valence-corrected chi connectivity index (χ1v) is 6.40. The summed E-state index contributed by atoms with van der Waals surface area (Å²) >= 11 is 0. The van der Waals surface area contributed by atoms with Crippen LogP contribution in [0, 0.1) is 83.0 Å². The summed E-state index contributed by atoms with van der Waals surface area (Å²) < 4.78 is 67.5. The van der Waals surface area contributed by atoms with E-state index in [4.69, 9.17) is 48.3 Å². The van der Waals surface area contributed by atoms with Gasteiger partial charge in [-0.2, -0.15) is 0 Å². The van der Waals surface area contributed by atoms with Gasteiger partial charge in [-0.15, -0.1) is 0 Å². The van der Waals surface area contributed by atoms with E-state index < -0.39 is 0 Å². The molecular formula is C21H17O9Os3. The molecule has 2 unspecified atom stereocenters. The van der Waals surface area contributed by atoms with Gasteiger partial charge in [0.25, 0.3) is 0 Å². The zero-order valence-electron chi connectivity index (χ0n) is 17.9. The first-order chi connectivity index (χ1) is 14.4. The third-order valence-corrected chi connectivity index (χ3v) is 4.20. The molecule has 0 bridgehead atoms. The van der Waals surface area contributed by atoms with E-state index >= 15 is 0 Å². The van der Waals surface area contributed by atoms with Gasteiger partial charge in [0.1, 0.15) is 0 Å². The van der Waals surface area contributed by atoms with Crippen molar-refractivity contribution in [3.8, 4) is 5.92 Å². The van der Waals surface area contributed by atoms with Crippen LogP contribution in [0.2, 0.25) is 0 Å². The summed E-state index contributed by atoms with van der Waals surface area (Å²) in [7, 11) is 0. The Kier molecular flexibility index (Phi) is 180. The van der Waals surface area contributed by atoms with Crippen LogP contribution in [-0.2, 0) is 101 Å². The van der Waals surface area contributed by atoms with Gasteiger partial charge < -0.3 is 12.3 Å². The molecule has 1 aliphatic rings.